The number of halogens is 2. The first-order chi connectivity index (χ1) is 9.63. The van der Waals surface area contributed by atoms with Crippen molar-refractivity contribution >= 4 is 3.21 Å². The van der Waals surface area contributed by atoms with E-state index in [1.54, 1.807) is 29.8 Å². The second-order valence-corrected chi connectivity index (χ2v) is 8.55. The predicted molar refractivity (Wildman–Crippen MR) is 85.0 cm³/mol. The van der Waals surface area contributed by atoms with E-state index in [1.807, 2.05) is 0 Å². The van der Waals surface area contributed by atoms with Gasteiger partial charge >= 0.3 is 41.3 Å². The minimum absolute atomic E-state index is 0. The second kappa shape index (κ2) is 11.0. The van der Waals surface area contributed by atoms with Gasteiger partial charge in [-0.15, -0.1) is 17.9 Å². The summed E-state index contributed by atoms with van der Waals surface area (Å²) in [4.78, 5) is 0. The summed E-state index contributed by atoms with van der Waals surface area (Å²) in [7, 11) is 0. The predicted octanol–water partition coefficient (Wildman–Crippen LogP) is -1.16. The summed E-state index contributed by atoms with van der Waals surface area (Å²) in [6.07, 6.45) is 21.1. The number of fused-ring (bicyclic) bond motifs is 1. The van der Waals surface area contributed by atoms with E-state index in [2.05, 4.69) is 69.7 Å². The number of hydrogen-bond donors (Lipinski definition) is 0. The summed E-state index contributed by atoms with van der Waals surface area (Å²) in [5.41, 5.74) is 1.63. The molecular formula is C19H25Cl2Zr-. The summed E-state index contributed by atoms with van der Waals surface area (Å²) in [6.45, 7) is 6.58. The van der Waals surface area contributed by atoms with Crippen LogP contribution in [-0.2, 0) is 24.2 Å². The van der Waals surface area contributed by atoms with Gasteiger partial charge in [0.1, 0.15) is 0 Å². The van der Waals surface area contributed by atoms with E-state index in [0.29, 0.717) is 11.8 Å². The first-order valence-corrected chi connectivity index (χ1v) is 8.93. The SMILES string of the molecule is CCC1C(C2=CC=CC2)[CH-]C2C=CC=CC21.C[C](C)=[Zr+2].[Cl-].[Cl-]. The fraction of sp³-hybridized carbons (Fsp3) is 0.474. The molecule has 4 atom stereocenters. The minimum atomic E-state index is 0. The van der Waals surface area contributed by atoms with Gasteiger partial charge in [-0.05, 0) is 12.3 Å². The van der Waals surface area contributed by atoms with Gasteiger partial charge in [0.15, 0.2) is 0 Å². The molecule has 3 aliphatic rings. The van der Waals surface area contributed by atoms with Crippen molar-refractivity contribution in [1.82, 2.24) is 0 Å². The van der Waals surface area contributed by atoms with Crippen LogP contribution in [0.3, 0.4) is 0 Å². The van der Waals surface area contributed by atoms with Crippen LogP contribution in [0.25, 0.3) is 0 Å². The molecule has 0 bridgehead atoms. The Morgan fingerprint density at radius 2 is 1.82 bits per heavy atom. The van der Waals surface area contributed by atoms with Crippen molar-refractivity contribution < 1.29 is 49.0 Å². The fourth-order valence-corrected chi connectivity index (χ4v) is 3.52. The van der Waals surface area contributed by atoms with Gasteiger partial charge in [0.05, 0.1) is 0 Å². The third-order valence-corrected chi connectivity index (χ3v) is 4.31. The van der Waals surface area contributed by atoms with Crippen LogP contribution in [-0.4, -0.2) is 3.21 Å². The molecule has 4 unspecified atom stereocenters. The zero-order chi connectivity index (χ0) is 14.5. The van der Waals surface area contributed by atoms with E-state index in [1.165, 1.54) is 16.0 Å². The Morgan fingerprint density at radius 3 is 2.36 bits per heavy atom. The summed E-state index contributed by atoms with van der Waals surface area (Å²) < 4.78 is 1.51. The molecule has 0 aromatic heterocycles. The average molecular weight is 416 g/mol. The maximum Gasteiger partial charge on any atom is -1.00 e. The molecule has 0 spiro atoms. The molecule has 0 heterocycles. The van der Waals surface area contributed by atoms with Crippen molar-refractivity contribution in [2.75, 3.05) is 0 Å². The number of allylic oxidation sites excluding steroid dienone is 8. The normalized spacial score (nSPS) is 30.5. The maximum atomic E-state index is 2.58. The minimum Gasteiger partial charge on any atom is -1.00 e. The molecule has 0 aromatic carbocycles. The number of hydrogen-bond acceptors (Lipinski definition) is 0. The van der Waals surface area contributed by atoms with Crippen LogP contribution in [0.15, 0.2) is 48.1 Å². The van der Waals surface area contributed by atoms with E-state index in [9.17, 15) is 0 Å². The van der Waals surface area contributed by atoms with Gasteiger partial charge in [0.25, 0.3) is 0 Å². The smallest absolute Gasteiger partial charge is 1.00 e. The molecule has 0 saturated heterocycles. The zero-order valence-corrected chi connectivity index (χ0v) is 17.6. The van der Waals surface area contributed by atoms with E-state index in [-0.39, 0.29) is 24.8 Å². The molecule has 3 rings (SSSR count). The van der Waals surface area contributed by atoms with Gasteiger partial charge in [-0.1, -0.05) is 61.3 Å². The van der Waals surface area contributed by atoms with Gasteiger partial charge < -0.3 is 31.2 Å². The topological polar surface area (TPSA) is 0 Å². The van der Waals surface area contributed by atoms with E-state index in [4.69, 9.17) is 0 Å². The van der Waals surface area contributed by atoms with Gasteiger partial charge in [-0.3, -0.25) is 0 Å². The van der Waals surface area contributed by atoms with E-state index >= 15 is 0 Å². The van der Waals surface area contributed by atoms with Crippen LogP contribution < -0.4 is 24.8 Å². The molecule has 3 heteroatoms. The Morgan fingerprint density at radius 1 is 1.18 bits per heavy atom. The third kappa shape index (κ3) is 5.73. The van der Waals surface area contributed by atoms with Gasteiger partial charge in [-0.25, -0.2) is 0 Å². The van der Waals surface area contributed by atoms with Crippen molar-refractivity contribution in [3.05, 3.63) is 54.5 Å². The summed E-state index contributed by atoms with van der Waals surface area (Å²) >= 11 is 1.55. The first-order valence-electron chi connectivity index (χ1n) is 7.70. The summed E-state index contributed by atoms with van der Waals surface area (Å²) in [5.74, 6) is 2.96. The first kappa shape index (κ1) is 22.3. The Kier molecular flexibility index (Phi) is 11.1. The van der Waals surface area contributed by atoms with Crippen LogP contribution in [0.1, 0.15) is 33.6 Å². The van der Waals surface area contributed by atoms with Crippen LogP contribution in [0.5, 0.6) is 0 Å². The Hall–Kier alpha value is 0.293. The molecule has 1 saturated carbocycles. The molecule has 22 heavy (non-hydrogen) atoms. The van der Waals surface area contributed by atoms with Gasteiger partial charge in [-0.2, -0.15) is 0 Å². The molecule has 0 aromatic rings. The van der Waals surface area contributed by atoms with Crippen molar-refractivity contribution in [2.45, 2.75) is 33.6 Å². The Bertz CT molecular complexity index is 470. The largest absolute Gasteiger partial charge is 1.00 e. The van der Waals surface area contributed by atoms with Crippen molar-refractivity contribution in [3.63, 3.8) is 0 Å². The molecule has 0 nitrogen and oxygen atoms in total. The maximum absolute atomic E-state index is 2.58. The van der Waals surface area contributed by atoms with Crippen molar-refractivity contribution in [1.29, 1.82) is 0 Å². The molecule has 120 valence electrons. The van der Waals surface area contributed by atoms with Crippen LogP contribution in [0.2, 0.25) is 0 Å². The van der Waals surface area contributed by atoms with Crippen LogP contribution >= 0.6 is 0 Å². The second-order valence-electron chi connectivity index (χ2n) is 6.09. The van der Waals surface area contributed by atoms with Gasteiger partial charge in [0.2, 0.25) is 0 Å². The third-order valence-electron chi connectivity index (χ3n) is 4.31. The zero-order valence-electron chi connectivity index (χ0n) is 13.6. The van der Waals surface area contributed by atoms with Gasteiger partial charge in [0, 0.05) is 0 Å². The molecule has 3 aliphatic carbocycles. The molecule has 1 fully saturated rings. The fourth-order valence-electron chi connectivity index (χ4n) is 3.52. The average Bonchev–Trinajstić information content (AvgIpc) is 3.04. The van der Waals surface area contributed by atoms with Crippen molar-refractivity contribution in [2.24, 2.45) is 23.7 Å². The Balaban J connectivity index is 0.000000665. The Labute approximate surface area is 163 Å². The summed E-state index contributed by atoms with van der Waals surface area (Å²) in [6, 6.07) is 0. The van der Waals surface area contributed by atoms with E-state index < -0.39 is 0 Å². The van der Waals surface area contributed by atoms with Crippen LogP contribution in [0, 0.1) is 30.1 Å². The number of rotatable bonds is 2. The van der Waals surface area contributed by atoms with Crippen LogP contribution in [0.4, 0.5) is 0 Å². The molecule has 0 radical (unpaired) electrons. The van der Waals surface area contributed by atoms with E-state index in [0.717, 1.165) is 11.8 Å². The molecule has 0 aliphatic heterocycles. The molecule has 0 N–H and O–H groups in total. The summed E-state index contributed by atoms with van der Waals surface area (Å²) in [5, 5.41) is 0. The molecule has 0 amide bonds. The quantitative estimate of drug-likeness (QED) is 0.500. The monoisotopic (exact) mass is 413 g/mol. The van der Waals surface area contributed by atoms with Crippen molar-refractivity contribution in [3.8, 4) is 0 Å². The molecular weight excluding hydrogens is 390 g/mol. The standard InChI is InChI=1S/C16H19.C3H6.2ClH.Zr/c1-2-14-15-10-6-5-9-13(15)11-16(14)12-7-3-4-8-12;1-3-2;;;/h3-7,9-11,13-16H,2,8H2,1H3;1-2H3;2*1H;/q-1;;;;+2/p-2.